The minimum Gasteiger partial charge on any atom is -0.591 e. The van der Waals surface area contributed by atoms with Crippen LogP contribution in [0.3, 0.4) is 0 Å². The number of carbonyl (C=O) groups is 1. The van der Waals surface area contributed by atoms with Gasteiger partial charge in [0.25, 0.3) is 0 Å². The van der Waals surface area contributed by atoms with Crippen molar-refractivity contribution in [3.8, 4) is 11.5 Å². The summed E-state index contributed by atoms with van der Waals surface area (Å²) in [5, 5.41) is 0. The van der Waals surface area contributed by atoms with Crippen molar-refractivity contribution in [1.82, 2.24) is 0 Å². The van der Waals surface area contributed by atoms with E-state index in [1.54, 1.807) is 13.0 Å². The molecule has 1 fully saturated rings. The molecule has 0 amide bonds. The van der Waals surface area contributed by atoms with Crippen molar-refractivity contribution >= 4 is 23.0 Å². The second-order valence-electron chi connectivity index (χ2n) is 9.16. The number of fused-ring (bicyclic) bond motifs is 1. The molecule has 1 aromatic rings. The maximum atomic E-state index is 12.7. The quantitative estimate of drug-likeness (QED) is 0.428. The summed E-state index contributed by atoms with van der Waals surface area (Å²) in [6.07, 6.45) is 3.22. The summed E-state index contributed by atoms with van der Waals surface area (Å²) in [6.45, 7) is 4.77. The largest absolute Gasteiger partial charge is 0.591 e. The molecule has 0 saturated heterocycles. The van der Waals surface area contributed by atoms with Gasteiger partial charge in [-0.1, -0.05) is 4.40 Å². The zero-order valence-corrected chi connectivity index (χ0v) is 19.8. The lowest BCUT2D eigenvalue weighted by atomic mass is 9.77. The van der Waals surface area contributed by atoms with E-state index >= 15 is 0 Å². The topological polar surface area (TPSA) is 80.2 Å². The Balaban J connectivity index is 1.83. The number of alkyl halides is 2. The van der Waals surface area contributed by atoms with Crippen molar-refractivity contribution in [3.05, 3.63) is 23.8 Å². The number of rotatable bonds is 6. The van der Waals surface area contributed by atoms with Crippen LogP contribution in [0.2, 0.25) is 0 Å². The fraction of sp³-hybridized carbons (Fsp3) is 0.652. The Morgan fingerprint density at radius 1 is 1.28 bits per heavy atom. The molecular formula is C23H31F2NO5S. The maximum absolute atomic E-state index is 12.7. The first-order valence-corrected chi connectivity index (χ1v) is 12.1. The second kappa shape index (κ2) is 10.4. The highest BCUT2D eigenvalue weighted by molar-refractivity contribution is 7.91. The van der Waals surface area contributed by atoms with Crippen LogP contribution in [-0.4, -0.2) is 40.3 Å². The maximum Gasteiger partial charge on any atom is 0.387 e. The molecule has 1 aliphatic heterocycles. The van der Waals surface area contributed by atoms with Crippen LogP contribution in [0.25, 0.3) is 0 Å². The van der Waals surface area contributed by atoms with E-state index in [4.69, 9.17) is 9.47 Å². The molecule has 9 heteroatoms. The number of halogens is 2. The van der Waals surface area contributed by atoms with Gasteiger partial charge >= 0.3 is 12.6 Å². The van der Waals surface area contributed by atoms with Gasteiger partial charge in [0, 0.05) is 18.1 Å². The summed E-state index contributed by atoms with van der Waals surface area (Å²) in [4.78, 5) is 12.1. The number of hydrogen-bond donors (Lipinski definition) is 0. The molecule has 6 nitrogen and oxygen atoms in total. The van der Waals surface area contributed by atoms with Crippen LogP contribution in [0.4, 0.5) is 8.78 Å². The molecule has 0 radical (unpaired) electrons. The molecule has 0 N–H and O–H groups in total. The minimum absolute atomic E-state index is 0.00159. The Labute approximate surface area is 191 Å². The minimum atomic E-state index is -2.94. The predicted molar refractivity (Wildman–Crippen MR) is 119 cm³/mol. The van der Waals surface area contributed by atoms with Crippen LogP contribution in [0.5, 0.6) is 11.5 Å². The molecule has 32 heavy (non-hydrogen) atoms. The van der Waals surface area contributed by atoms with Crippen molar-refractivity contribution in [1.29, 1.82) is 0 Å². The fourth-order valence-electron chi connectivity index (χ4n) is 4.09. The summed E-state index contributed by atoms with van der Waals surface area (Å²) in [7, 11) is 0. The van der Waals surface area contributed by atoms with Crippen molar-refractivity contribution in [2.75, 3.05) is 6.61 Å². The average Bonchev–Trinajstić information content (AvgIpc) is 2.72. The first-order valence-electron chi connectivity index (χ1n) is 11.0. The molecule has 1 heterocycles. The van der Waals surface area contributed by atoms with E-state index in [0.29, 0.717) is 42.9 Å². The van der Waals surface area contributed by atoms with Crippen LogP contribution in [0.1, 0.15) is 65.4 Å². The van der Waals surface area contributed by atoms with Crippen LogP contribution in [-0.2, 0) is 20.9 Å². The van der Waals surface area contributed by atoms with E-state index in [0.717, 1.165) is 12.8 Å². The third-order valence-corrected chi connectivity index (χ3v) is 7.23. The van der Waals surface area contributed by atoms with Gasteiger partial charge < -0.3 is 18.8 Å². The molecule has 1 saturated carbocycles. The normalized spacial score (nSPS) is 25.8. The first-order chi connectivity index (χ1) is 15.1. The number of hydrogen-bond acceptors (Lipinski definition) is 6. The van der Waals surface area contributed by atoms with Gasteiger partial charge in [-0.3, -0.25) is 4.79 Å². The molecular weight excluding hydrogens is 440 g/mol. The SMILES string of the molecule is CCOC(=O)C1CCC([C@H]2CC(=N[S+]([O-])C(C)(C)C)c3ccc(OC(F)F)cc3O2)CC1. The highest BCUT2D eigenvalue weighted by atomic mass is 32.2. The van der Waals surface area contributed by atoms with Gasteiger partial charge in [0.1, 0.15) is 39.4 Å². The van der Waals surface area contributed by atoms with Gasteiger partial charge in [-0.25, -0.2) is 0 Å². The molecule has 1 unspecified atom stereocenters. The van der Waals surface area contributed by atoms with Crippen molar-refractivity contribution in [2.45, 2.75) is 77.3 Å². The number of nitrogens with zero attached hydrogens (tertiary/aromatic N) is 1. The number of esters is 1. The van der Waals surface area contributed by atoms with E-state index in [2.05, 4.69) is 9.13 Å². The van der Waals surface area contributed by atoms with Crippen molar-refractivity contribution < 1.29 is 32.3 Å². The van der Waals surface area contributed by atoms with Gasteiger partial charge in [0.2, 0.25) is 0 Å². The van der Waals surface area contributed by atoms with Crippen LogP contribution in [0, 0.1) is 11.8 Å². The molecule has 0 aromatic heterocycles. The van der Waals surface area contributed by atoms with E-state index < -0.39 is 22.7 Å². The van der Waals surface area contributed by atoms with Crippen LogP contribution >= 0.6 is 0 Å². The fourth-order valence-corrected chi connectivity index (χ4v) is 4.74. The van der Waals surface area contributed by atoms with Gasteiger partial charge in [0.15, 0.2) is 0 Å². The lowest BCUT2D eigenvalue weighted by Crippen LogP contribution is -2.38. The number of ether oxygens (including phenoxy) is 3. The second-order valence-corrected chi connectivity index (χ2v) is 11.1. The zero-order chi connectivity index (χ0) is 23.5. The predicted octanol–water partition coefficient (Wildman–Crippen LogP) is 5.06. The average molecular weight is 472 g/mol. The summed E-state index contributed by atoms with van der Waals surface area (Å²) in [5.74, 6) is 0.312. The molecule has 0 bridgehead atoms. The van der Waals surface area contributed by atoms with E-state index in [1.165, 1.54) is 12.1 Å². The molecule has 1 aliphatic carbocycles. The van der Waals surface area contributed by atoms with E-state index in [1.807, 2.05) is 20.8 Å². The summed E-state index contributed by atoms with van der Waals surface area (Å²) >= 11 is -1.47. The van der Waals surface area contributed by atoms with Gasteiger partial charge in [-0.2, -0.15) is 8.78 Å². The Kier molecular flexibility index (Phi) is 8.03. The number of benzene rings is 1. The highest BCUT2D eigenvalue weighted by Gasteiger charge is 2.38. The lowest BCUT2D eigenvalue weighted by molar-refractivity contribution is -0.149. The Hall–Kier alpha value is -1.87. The summed E-state index contributed by atoms with van der Waals surface area (Å²) in [6, 6.07) is 4.50. The smallest absolute Gasteiger partial charge is 0.387 e. The molecule has 2 atom stereocenters. The summed E-state index contributed by atoms with van der Waals surface area (Å²) in [5.41, 5.74) is 1.28. The highest BCUT2D eigenvalue weighted by Crippen LogP contribution is 2.40. The molecule has 1 aromatic carbocycles. The van der Waals surface area contributed by atoms with Gasteiger partial charge in [-0.15, -0.1) is 0 Å². The Morgan fingerprint density at radius 3 is 2.56 bits per heavy atom. The molecule has 0 spiro atoms. The Bertz CT molecular complexity index is 834. The Morgan fingerprint density at radius 2 is 1.97 bits per heavy atom. The molecule has 2 aliphatic rings. The van der Waals surface area contributed by atoms with E-state index in [-0.39, 0.29) is 29.7 Å². The van der Waals surface area contributed by atoms with Crippen LogP contribution < -0.4 is 9.47 Å². The van der Waals surface area contributed by atoms with Gasteiger partial charge in [0.05, 0.1) is 12.5 Å². The summed E-state index contributed by atoms with van der Waals surface area (Å²) < 4.78 is 58.0. The number of carbonyl (C=O) groups excluding carboxylic acids is 1. The monoisotopic (exact) mass is 471 g/mol. The zero-order valence-electron chi connectivity index (χ0n) is 18.9. The standard InChI is InChI=1S/C23H31F2NO5S/c1-5-29-21(27)15-8-6-14(7-9-15)19-13-18(26-32(28)23(2,3)4)17-11-10-16(30-22(24)25)12-20(17)31-19/h10-12,14-15,19,22H,5-9,13H2,1-4H3/t14?,15?,19-,32?/m1/s1. The van der Waals surface area contributed by atoms with Crippen LogP contribution in [0.15, 0.2) is 22.6 Å². The van der Waals surface area contributed by atoms with Crippen molar-refractivity contribution in [3.63, 3.8) is 0 Å². The third-order valence-electron chi connectivity index (χ3n) is 5.80. The van der Waals surface area contributed by atoms with E-state index in [9.17, 15) is 18.1 Å². The third kappa shape index (κ3) is 6.13. The molecule has 3 rings (SSSR count). The van der Waals surface area contributed by atoms with Gasteiger partial charge in [-0.05, 0) is 71.4 Å². The van der Waals surface area contributed by atoms with Crippen molar-refractivity contribution in [2.24, 2.45) is 16.2 Å². The lowest BCUT2D eigenvalue weighted by Gasteiger charge is -2.36. The molecule has 178 valence electrons. The first kappa shape index (κ1) is 24.8.